The van der Waals surface area contributed by atoms with Gasteiger partial charge in [0.25, 0.3) is 0 Å². The highest BCUT2D eigenvalue weighted by molar-refractivity contribution is 5.85. The fourth-order valence-electron chi connectivity index (χ4n) is 2.91. The first-order valence-electron chi connectivity index (χ1n) is 8.28. The lowest BCUT2D eigenvalue weighted by atomic mass is 9.85. The van der Waals surface area contributed by atoms with Crippen molar-refractivity contribution >= 4 is 18.3 Å². The molecule has 0 radical (unpaired) electrons. The number of hydrogen-bond acceptors (Lipinski definition) is 3. The lowest BCUT2D eigenvalue weighted by molar-refractivity contribution is -0.122. The molecule has 0 aromatic heterocycles. The van der Waals surface area contributed by atoms with Gasteiger partial charge in [-0.3, -0.25) is 4.79 Å². The third-order valence-electron chi connectivity index (χ3n) is 4.76. The van der Waals surface area contributed by atoms with Gasteiger partial charge in [0.2, 0.25) is 5.91 Å². The summed E-state index contributed by atoms with van der Waals surface area (Å²) < 4.78 is 0. The molecule has 1 aliphatic carbocycles. The first-order valence-corrected chi connectivity index (χ1v) is 8.28. The predicted octanol–water partition coefficient (Wildman–Crippen LogP) is 2.55. The van der Waals surface area contributed by atoms with Crippen molar-refractivity contribution in [1.29, 1.82) is 0 Å². The SMILES string of the molecule is CCC(C)N(C)CCNC(=O)C(N)CC1CCCCC1.Cl. The second-order valence-electron chi connectivity index (χ2n) is 6.38. The van der Waals surface area contributed by atoms with E-state index in [0.717, 1.165) is 19.4 Å². The molecule has 1 fully saturated rings. The van der Waals surface area contributed by atoms with Crippen molar-refractivity contribution in [1.82, 2.24) is 10.2 Å². The monoisotopic (exact) mass is 319 g/mol. The van der Waals surface area contributed by atoms with E-state index < -0.39 is 0 Å². The summed E-state index contributed by atoms with van der Waals surface area (Å²) in [5, 5.41) is 2.98. The van der Waals surface area contributed by atoms with Crippen LogP contribution in [0.15, 0.2) is 0 Å². The summed E-state index contributed by atoms with van der Waals surface area (Å²) in [6.07, 6.45) is 8.44. The normalized spacial score (nSPS) is 18.9. The number of carbonyl (C=O) groups is 1. The molecule has 0 aliphatic heterocycles. The number of hydrogen-bond donors (Lipinski definition) is 2. The minimum absolute atomic E-state index is 0. The van der Waals surface area contributed by atoms with Gasteiger partial charge in [-0.15, -0.1) is 12.4 Å². The van der Waals surface area contributed by atoms with Crippen LogP contribution in [0.25, 0.3) is 0 Å². The average molecular weight is 320 g/mol. The molecule has 1 amide bonds. The smallest absolute Gasteiger partial charge is 0.236 e. The van der Waals surface area contributed by atoms with E-state index in [4.69, 9.17) is 5.73 Å². The van der Waals surface area contributed by atoms with E-state index in [0.29, 0.717) is 18.5 Å². The van der Waals surface area contributed by atoms with Crippen LogP contribution < -0.4 is 11.1 Å². The van der Waals surface area contributed by atoms with Crippen LogP contribution in [0.3, 0.4) is 0 Å². The zero-order valence-corrected chi connectivity index (χ0v) is 14.8. The predicted molar refractivity (Wildman–Crippen MR) is 91.8 cm³/mol. The van der Waals surface area contributed by atoms with Crippen molar-refractivity contribution in [3.05, 3.63) is 0 Å². The van der Waals surface area contributed by atoms with E-state index in [1.54, 1.807) is 0 Å². The van der Waals surface area contributed by atoms with Crippen molar-refractivity contribution in [2.24, 2.45) is 11.7 Å². The Hall–Kier alpha value is -0.320. The maximum atomic E-state index is 12.0. The van der Waals surface area contributed by atoms with E-state index in [-0.39, 0.29) is 24.4 Å². The summed E-state index contributed by atoms with van der Waals surface area (Å²) >= 11 is 0. The molecular weight excluding hydrogens is 286 g/mol. The second-order valence-corrected chi connectivity index (χ2v) is 6.38. The molecule has 3 N–H and O–H groups in total. The Bertz CT molecular complexity index is 283. The number of likely N-dealkylation sites (N-methyl/N-ethyl adjacent to an activating group) is 1. The minimum atomic E-state index is -0.327. The summed E-state index contributed by atoms with van der Waals surface area (Å²) in [4.78, 5) is 14.3. The van der Waals surface area contributed by atoms with Crippen molar-refractivity contribution < 1.29 is 4.79 Å². The Labute approximate surface area is 136 Å². The molecule has 0 heterocycles. The molecule has 2 atom stereocenters. The van der Waals surface area contributed by atoms with Crippen LogP contribution in [0, 0.1) is 5.92 Å². The number of carbonyl (C=O) groups excluding carboxylic acids is 1. The first kappa shape index (κ1) is 20.7. The fraction of sp³-hybridized carbons (Fsp3) is 0.938. The van der Waals surface area contributed by atoms with E-state index in [1.165, 1.54) is 32.1 Å². The molecule has 1 aliphatic rings. The lowest BCUT2D eigenvalue weighted by Crippen LogP contribution is -2.45. The van der Waals surface area contributed by atoms with Crippen LogP contribution in [0.5, 0.6) is 0 Å². The Morgan fingerprint density at radius 3 is 2.52 bits per heavy atom. The summed E-state index contributed by atoms with van der Waals surface area (Å²) in [5.41, 5.74) is 6.03. The van der Waals surface area contributed by atoms with Crippen LogP contribution in [-0.2, 0) is 4.79 Å². The average Bonchev–Trinajstić information content (AvgIpc) is 2.47. The highest BCUT2D eigenvalue weighted by atomic mass is 35.5. The maximum Gasteiger partial charge on any atom is 0.236 e. The molecule has 21 heavy (non-hydrogen) atoms. The third-order valence-corrected chi connectivity index (χ3v) is 4.76. The van der Waals surface area contributed by atoms with E-state index in [1.807, 2.05) is 0 Å². The number of nitrogens with one attached hydrogen (secondary N) is 1. The number of nitrogens with zero attached hydrogens (tertiary/aromatic N) is 1. The van der Waals surface area contributed by atoms with Crippen LogP contribution in [0.1, 0.15) is 58.8 Å². The molecule has 0 saturated heterocycles. The molecule has 126 valence electrons. The molecule has 1 saturated carbocycles. The van der Waals surface area contributed by atoms with Gasteiger partial charge in [-0.25, -0.2) is 0 Å². The topological polar surface area (TPSA) is 58.4 Å². The molecule has 0 spiro atoms. The zero-order chi connectivity index (χ0) is 15.0. The maximum absolute atomic E-state index is 12.0. The highest BCUT2D eigenvalue weighted by Crippen LogP contribution is 2.26. The molecule has 1 rings (SSSR count). The highest BCUT2D eigenvalue weighted by Gasteiger charge is 2.21. The van der Waals surface area contributed by atoms with Gasteiger partial charge in [0.1, 0.15) is 0 Å². The number of halogens is 1. The van der Waals surface area contributed by atoms with Gasteiger partial charge >= 0.3 is 0 Å². The van der Waals surface area contributed by atoms with Crippen LogP contribution in [0.2, 0.25) is 0 Å². The third kappa shape index (κ3) is 8.03. The molecule has 4 nitrogen and oxygen atoms in total. The molecule has 0 aromatic carbocycles. The van der Waals surface area contributed by atoms with Crippen molar-refractivity contribution in [2.45, 2.75) is 70.9 Å². The van der Waals surface area contributed by atoms with E-state index >= 15 is 0 Å². The van der Waals surface area contributed by atoms with Crippen molar-refractivity contribution in [2.75, 3.05) is 20.1 Å². The molecule has 5 heteroatoms. The molecule has 0 bridgehead atoms. The van der Waals surface area contributed by atoms with Gasteiger partial charge in [0.05, 0.1) is 6.04 Å². The number of nitrogens with two attached hydrogens (primary N) is 1. The van der Waals surface area contributed by atoms with E-state index in [9.17, 15) is 4.79 Å². The van der Waals surface area contributed by atoms with Crippen LogP contribution in [0.4, 0.5) is 0 Å². The summed E-state index contributed by atoms with van der Waals surface area (Å²) in [7, 11) is 2.10. The summed E-state index contributed by atoms with van der Waals surface area (Å²) in [6, 6.07) is 0.231. The summed E-state index contributed by atoms with van der Waals surface area (Å²) in [5.74, 6) is 0.681. The van der Waals surface area contributed by atoms with Crippen LogP contribution >= 0.6 is 12.4 Å². The number of rotatable bonds is 8. The Balaban J connectivity index is 0.00000400. The fourth-order valence-corrected chi connectivity index (χ4v) is 2.91. The van der Waals surface area contributed by atoms with Gasteiger partial charge in [-0.2, -0.15) is 0 Å². The summed E-state index contributed by atoms with van der Waals surface area (Å²) in [6.45, 7) is 5.96. The van der Waals surface area contributed by atoms with E-state index in [2.05, 4.69) is 31.1 Å². The molecule has 0 aromatic rings. The Kier molecular flexibility index (Phi) is 11.1. The van der Waals surface area contributed by atoms with Gasteiger partial charge in [0.15, 0.2) is 0 Å². The Morgan fingerprint density at radius 2 is 1.95 bits per heavy atom. The van der Waals surface area contributed by atoms with Crippen molar-refractivity contribution in [3.8, 4) is 0 Å². The van der Waals surface area contributed by atoms with Gasteiger partial charge in [0, 0.05) is 19.1 Å². The van der Waals surface area contributed by atoms with Gasteiger partial charge in [-0.05, 0) is 32.7 Å². The Morgan fingerprint density at radius 1 is 1.33 bits per heavy atom. The van der Waals surface area contributed by atoms with Crippen molar-refractivity contribution in [3.63, 3.8) is 0 Å². The van der Waals surface area contributed by atoms with Gasteiger partial charge < -0.3 is 16.0 Å². The molecular formula is C16H34ClN3O. The largest absolute Gasteiger partial charge is 0.353 e. The number of amides is 1. The van der Waals surface area contributed by atoms with Gasteiger partial charge in [-0.1, -0.05) is 39.0 Å². The minimum Gasteiger partial charge on any atom is -0.353 e. The standard InChI is InChI=1S/C16H33N3O.ClH/c1-4-13(2)19(3)11-10-18-16(20)15(17)12-14-8-6-5-7-9-14;/h13-15H,4-12,17H2,1-3H3,(H,18,20);1H. The zero-order valence-electron chi connectivity index (χ0n) is 13.9. The molecule has 2 unspecified atom stereocenters. The second kappa shape index (κ2) is 11.3. The van der Waals surface area contributed by atoms with Crippen LogP contribution in [-0.4, -0.2) is 43.0 Å². The quantitative estimate of drug-likeness (QED) is 0.723. The lowest BCUT2D eigenvalue weighted by Gasteiger charge is -2.25. The first-order chi connectivity index (χ1) is 9.54.